The molecule has 0 radical (unpaired) electrons. The van der Waals surface area contributed by atoms with E-state index in [-0.39, 0.29) is 27.7 Å². The van der Waals surface area contributed by atoms with Crippen molar-refractivity contribution in [3.63, 3.8) is 0 Å². The maximum atomic E-state index is 12.1. The van der Waals surface area contributed by atoms with E-state index < -0.39 is 39.6 Å². The first kappa shape index (κ1) is 29.8. The van der Waals surface area contributed by atoms with Gasteiger partial charge in [0.2, 0.25) is 5.75 Å². The number of ether oxygens (including phenoxy) is 2. The Balaban J connectivity index is 2.23. The lowest BCUT2D eigenvalue weighted by Crippen LogP contribution is -2.55. The smallest absolute Gasteiger partial charge is 0.203 e. The van der Waals surface area contributed by atoms with Crippen LogP contribution in [-0.2, 0) is 20.7 Å². The van der Waals surface area contributed by atoms with Crippen LogP contribution in [0, 0.1) is 0 Å². The van der Waals surface area contributed by atoms with Crippen LogP contribution in [0.15, 0.2) is 6.07 Å². The van der Waals surface area contributed by atoms with Crippen LogP contribution in [0.2, 0.25) is 36.3 Å². The molecule has 2 aliphatic rings. The predicted octanol–water partition coefficient (Wildman–Crippen LogP) is 6.36. The SMILES string of the molecule is COc1c(O)cc2c(c1OC)C[C@H](Cl)[C@]21[C@@H](O[Si](C)(C)C(C)(C)C)CC(O[Si](C)(C)C(C)(C)C)[C@H]1O. The topological polar surface area (TPSA) is 77.4 Å². The summed E-state index contributed by atoms with van der Waals surface area (Å²) in [7, 11) is -1.39. The van der Waals surface area contributed by atoms with Gasteiger partial charge in [-0.25, -0.2) is 0 Å². The lowest BCUT2D eigenvalue weighted by Gasteiger charge is -2.45. The molecule has 0 saturated heterocycles. The molecule has 0 aromatic heterocycles. The van der Waals surface area contributed by atoms with Gasteiger partial charge in [-0.3, -0.25) is 0 Å². The van der Waals surface area contributed by atoms with E-state index in [1.807, 2.05) is 0 Å². The fraction of sp³-hybridized carbons (Fsp3) is 0.778. The van der Waals surface area contributed by atoms with Crippen LogP contribution >= 0.6 is 11.6 Å². The first-order chi connectivity index (χ1) is 16.3. The molecule has 1 fully saturated rings. The van der Waals surface area contributed by atoms with E-state index in [9.17, 15) is 10.2 Å². The summed E-state index contributed by atoms with van der Waals surface area (Å²) < 4.78 is 25.1. The predicted molar refractivity (Wildman–Crippen MR) is 151 cm³/mol. The Morgan fingerprint density at radius 1 is 0.917 bits per heavy atom. The average molecular weight is 559 g/mol. The van der Waals surface area contributed by atoms with Crippen molar-refractivity contribution in [1.82, 2.24) is 0 Å². The summed E-state index contributed by atoms with van der Waals surface area (Å²) in [4.78, 5) is 0. The molecule has 1 unspecified atom stereocenters. The molecule has 1 saturated carbocycles. The third kappa shape index (κ3) is 4.53. The monoisotopic (exact) mass is 558 g/mol. The van der Waals surface area contributed by atoms with E-state index in [0.29, 0.717) is 18.6 Å². The number of methoxy groups -OCH3 is 2. The van der Waals surface area contributed by atoms with Crippen molar-refractivity contribution < 1.29 is 28.5 Å². The summed E-state index contributed by atoms with van der Waals surface area (Å²) in [5.74, 6) is 0.702. The number of benzene rings is 1. The number of phenolic OH excluding ortho intramolecular Hbond substituents is 1. The van der Waals surface area contributed by atoms with Gasteiger partial charge in [0.15, 0.2) is 28.1 Å². The number of halogens is 1. The molecule has 6 nitrogen and oxygen atoms in total. The molecule has 1 spiro atoms. The zero-order valence-corrected chi connectivity index (χ0v) is 27.0. The van der Waals surface area contributed by atoms with Crippen LogP contribution in [0.4, 0.5) is 0 Å². The van der Waals surface area contributed by atoms with Crippen molar-refractivity contribution in [2.24, 2.45) is 0 Å². The van der Waals surface area contributed by atoms with Crippen LogP contribution in [0.3, 0.4) is 0 Å². The van der Waals surface area contributed by atoms with Gasteiger partial charge in [0.05, 0.1) is 43.3 Å². The van der Waals surface area contributed by atoms with Gasteiger partial charge in [-0.2, -0.15) is 0 Å². The van der Waals surface area contributed by atoms with Gasteiger partial charge in [0, 0.05) is 12.0 Å². The molecule has 206 valence electrons. The van der Waals surface area contributed by atoms with E-state index in [0.717, 1.165) is 11.1 Å². The average Bonchev–Trinajstić information content (AvgIpc) is 3.14. The minimum absolute atomic E-state index is 0.0128. The van der Waals surface area contributed by atoms with Gasteiger partial charge in [-0.1, -0.05) is 41.5 Å². The summed E-state index contributed by atoms with van der Waals surface area (Å²) in [5.41, 5.74) is 0.675. The number of alkyl halides is 1. The second-order valence-corrected chi connectivity index (χ2v) is 23.6. The third-order valence-corrected chi connectivity index (χ3v) is 18.9. The number of fused-ring (bicyclic) bond motifs is 2. The van der Waals surface area contributed by atoms with Crippen LogP contribution in [0.1, 0.15) is 59.1 Å². The quantitative estimate of drug-likeness (QED) is 0.312. The number of aliphatic hydroxyl groups is 1. The van der Waals surface area contributed by atoms with Gasteiger partial charge in [0.1, 0.15) is 0 Å². The molecule has 1 aromatic rings. The first-order valence-electron chi connectivity index (χ1n) is 12.9. The number of aliphatic hydroxyl groups excluding tert-OH is 1. The Kier molecular flexibility index (Phi) is 7.82. The maximum absolute atomic E-state index is 12.1. The number of phenols is 1. The normalized spacial score (nSPS) is 29.1. The summed E-state index contributed by atoms with van der Waals surface area (Å²) in [6, 6.07) is 1.69. The fourth-order valence-electron chi connectivity index (χ4n) is 5.28. The summed E-state index contributed by atoms with van der Waals surface area (Å²) >= 11 is 7.23. The number of hydrogen-bond acceptors (Lipinski definition) is 6. The molecule has 0 aliphatic heterocycles. The van der Waals surface area contributed by atoms with Crippen LogP contribution in [0.5, 0.6) is 17.2 Å². The highest BCUT2D eigenvalue weighted by Gasteiger charge is 2.66. The molecular weight excluding hydrogens is 512 g/mol. The molecule has 1 aromatic carbocycles. The van der Waals surface area contributed by atoms with Crippen molar-refractivity contribution in [2.45, 2.75) is 120 Å². The Labute approximate surface area is 224 Å². The van der Waals surface area contributed by atoms with Gasteiger partial charge in [-0.05, 0) is 54.3 Å². The summed E-state index contributed by atoms with van der Waals surface area (Å²) in [6.07, 6.45) is -0.689. The van der Waals surface area contributed by atoms with Crippen LogP contribution in [-0.4, -0.2) is 64.8 Å². The summed E-state index contributed by atoms with van der Waals surface area (Å²) in [6.45, 7) is 22.1. The largest absolute Gasteiger partial charge is 0.504 e. The van der Waals surface area contributed by atoms with Crippen LogP contribution < -0.4 is 9.47 Å². The Morgan fingerprint density at radius 2 is 1.42 bits per heavy atom. The van der Waals surface area contributed by atoms with E-state index in [1.165, 1.54) is 7.11 Å². The molecule has 3 rings (SSSR count). The molecule has 5 atom stereocenters. The fourth-order valence-corrected chi connectivity index (χ4v) is 8.52. The minimum Gasteiger partial charge on any atom is -0.504 e. The van der Waals surface area contributed by atoms with Gasteiger partial charge >= 0.3 is 0 Å². The van der Waals surface area contributed by atoms with Crippen molar-refractivity contribution in [1.29, 1.82) is 0 Å². The van der Waals surface area contributed by atoms with E-state index in [1.54, 1.807) is 13.2 Å². The Hall–Kier alpha value is -0.776. The molecule has 2 N–H and O–H groups in total. The van der Waals surface area contributed by atoms with Crippen molar-refractivity contribution in [3.8, 4) is 17.2 Å². The minimum atomic E-state index is -2.25. The van der Waals surface area contributed by atoms with E-state index >= 15 is 0 Å². The van der Waals surface area contributed by atoms with Crippen LogP contribution in [0.25, 0.3) is 0 Å². The Morgan fingerprint density at radius 3 is 1.89 bits per heavy atom. The van der Waals surface area contributed by atoms with E-state index in [4.69, 9.17) is 29.9 Å². The van der Waals surface area contributed by atoms with Crippen molar-refractivity contribution >= 4 is 28.2 Å². The highest BCUT2D eigenvalue weighted by Crippen LogP contribution is 2.60. The van der Waals surface area contributed by atoms with Gasteiger partial charge in [-0.15, -0.1) is 11.6 Å². The third-order valence-electron chi connectivity index (χ3n) is 9.41. The van der Waals surface area contributed by atoms with Crippen molar-refractivity contribution in [3.05, 3.63) is 17.2 Å². The zero-order chi connectivity index (χ0) is 27.6. The lowest BCUT2D eigenvalue weighted by molar-refractivity contribution is 0.00285. The summed E-state index contributed by atoms with van der Waals surface area (Å²) in [5, 5.41) is 22.5. The highest BCUT2D eigenvalue weighted by molar-refractivity contribution is 6.74. The highest BCUT2D eigenvalue weighted by atomic mass is 35.5. The van der Waals surface area contributed by atoms with Crippen molar-refractivity contribution in [2.75, 3.05) is 14.2 Å². The number of aromatic hydroxyl groups is 1. The molecule has 36 heavy (non-hydrogen) atoms. The molecule has 2 aliphatic carbocycles. The first-order valence-corrected chi connectivity index (χ1v) is 19.2. The second kappa shape index (κ2) is 9.45. The zero-order valence-electron chi connectivity index (χ0n) is 24.2. The number of hydrogen-bond donors (Lipinski definition) is 2. The molecular formula is C27H47ClO6Si2. The second-order valence-electron chi connectivity index (χ2n) is 13.6. The molecule has 0 amide bonds. The maximum Gasteiger partial charge on any atom is 0.203 e. The van der Waals surface area contributed by atoms with E-state index in [2.05, 4.69) is 67.7 Å². The molecule has 0 bridgehead atoms. The molecule has 9 heteroatoms. The van der Waals surface area contributed by atoms with Gasteiger partial charge in [0.25, 0.3) is 0 Å². The standard InChI is InChI=1S/C27H47ClO6Si2/c1-25(2,3)35(9,10)33-19-15-21(34-36(11,12)26(4,5)6)27(24(19)30)17-14-18(29)23(32-8)22(31-7)16(17)13-20(27)28/h14,19-21,24,29-30H,13,15H2,1-12H3/t19?,20-,21-,24+,27-/m0/s1. The van der Waals surface area contributed by atoms with Gasteiger partial charge < -0.3 is 28.5 Å². The lowest BCUT2D eigenvalue weighted by atomic mass is 9.76. The number of rotatable bonds is 6. The molecule has 0 heterocycles. The Bertz CT molecular complexity index is 984.